The minimum Gasteiger partial charge on any atom is -0.369 e. The highest BCUT2D eigenvalue weighted by atomic mass is 15.2. The van der Waals surface area contributed by atoms with E-state index in [1.54, 1.807) is 6.07 Å². The number of aromatic nitrogens is 2. The number of benzene rings is 1. The smallest absolute Gasteiger partial charge is 0.201 e. The Labute approximate surface area is 101 Å². The number of imidazole rings is 1. The summed E-state index contributed by atoms with van der Waals surface area (Å²) >= 11 is 0. The number of hydrogen-bond acceptors (Lipinski definition) is 3. The van der Waals surface area contributed by atoms with Gasteiger partial charge < -0.3 is 10.3 Å². The second-order valence-corrected chi connectivity index (χ2v) is 4.64. The molecule has 0 aliphatic carbocycles. The van der Waals surface area contributed by atoms with Crippen molar-refractivity contribution >= 4 is 17.0 Å². The Morgan fingerprint density at radius 2 is 2.06 bits per heavy atom. The molecule has 0 bridgehead atoms. The van der Waals surface area contributed by atoms with Gasteiger partial charge in [0.2, 0.25) is 5.95 Å². The number of nitrogens with zero attached hydrogens (tertiary/aromatic N) is 3. The molecule has 1 aromatic heterocycles. The monoisotopic (exact) mass is 228 g/mol. The Morgan fingerprint density at radius 1 is 1.35 bits per heavy atom. The van der Waals surface area contributed by atoms with Gasteiger partial charge >= 0.3 is 0 Å². The van der Waals surface area contributed by atoms with E-state index in [1.807, 2.05) is 16.7 Å². The summed E-state index contributed by atoms with van der Waals surface area (Å²) in [5.41, 5.74) is 8.36. The van der Waals surface area contributed by atoms with Crippen LogP contribution in [0.2, 0.25) is 0 Å². The summed E-state index contributed by atoms with van der Waals surface area (Å²) in [7, 11) is 0. The lowest BCUT2D eigenvalue weighted by Gasteiger charge is -2.19. The van der Waals surface area contributed by atoms with Crippen molar-refractivity contribution in [2.45, 2.75) is 26.8 Å². The standard InChI is InChI=1S/C13H16N4/c1-8(2)9(3)17-12-6-10(7-14)4-5-11(12)16-13(17)15/h4-6,8-9H,1-3H3,(H2,15,16). The molecule has 17 heavy (non-hydrogen) atoms. The number of nitrogens with two attached hydrogens (primary N) is 1. The average Bonchev–Trinajstić information content (AvgIpc) is 2.62. The van der Waals surface area contributed by atoms with Crippen LogP contribution in [0.4, 0.5) is 5.95 Å². The lowest BCUT2D eigenvalue weighted by molar-refractivity contribution is 0.421. The lowest BCUT2D eigenvalue weighted by Crippen LogP contribution is -2.13. The topological polar surface area (TPSA) is 67.6 Å². The van der Waals surface area contributed by atoms with Crippen LogP contribution >= 0.6 is 0 Å². The van der Waals surface area contributed by atoms with Crippen LogP contribution < -0.4 is 5.73 Å². The SMILES string of the molecule is CC(C)C(C)n1c(N)nc2ccc(C#N)cc21. The van der Waals surface area contributed by atoms with Crippen molar-refractivity contribution in [1.29, 1.82) is 5.26 Å². The molecule has 1 heterocycles. The van der Waals surface area contributed by atoms with Crippen LogP contribution in [0.3, 0.4) is 0 Å². The van der Waals surface area contributed by atoms with Gasteiger partial charge in [-0.3, -0.25) is 0 Å². The fourth-order valence-electron chi connectivity index (χ4n) is 1.91. The number of nitrogen functional groups attached to an aromatic ring is 1. The van der Waals surface area contributed by atoms with Crippen molar-refractivity contribution in [2.75, 3.05) is 5.73 Å². The molecule has 4 heteroatoms. The summed E-state index contributed by atoms with van der Waals surface area (Å²) in [5.74, 6) is 0.969. The van der Waals surface area contributed by atoms with Crippen LogP contribution in [0.1, 0.15) is 32.4 Å². The van der Waals surface area contributed by atoms with Crippen molar-refractivity contribution in [3.05, 3.63) is 23.8 Å². The van der Waals surface area contributed by atoms with E-state index in [0.717, 1.165) is 11.0 Å². The number of anilines is 1. The zero-order valence-electron chi connectivity index (χ0n) is 10.3. The third kappa shape index (κ3) is 1.84. The van der Waals surface area contributed by atoms with Gasteiger partial charge in [0.1, 0.15) is 0 Å². The maximum atomic E-state index is 8.93. The summed E-state index contributed by atoms with van der Waals surface area (Å²) in [4.78, 5) is 4.32. The fourth-order valence-corrected chi connectivity index (χ4v) is 1.91. The van der Waals surface area contributed by atoms with Crippen LogP contribution in [0, 0.1) is 17.2 Å². The molecule has 2 aromatic rings. The van der Waals surface area contributed by atoms with Gasteiger partial charge in [0.05, 0.1) is 22.7 Å². The second kappa shape index (κ2) is 4.10. The molecule has 0 saturated carbocycles. The van der Waals surface area contributed by atoms with E-state index < -0.39 is 0 Å². The van der Waals surface area contributed by atoms with Gasteiger partial charge in [-0.1, -0.05) is 13.8 Å². The summed E-state index contributed by atoms with van der Waals surface area (Å²) in [6.45, 7) is 6.40. The molecule has 0 spiro atoms. The minimum absolute atomic E-state index is 0.258. The maximum absolute atomic E-state index is 8.93. The number of nitriles is 1. The fraction of sp³-hybridized carbons (Fsp3) is 0.385. The third-order valence-electron chi connectivity index (χ3n) is 3.22. The van der Waals surface area contributed by atoms with Crippen molar-refractivity contribution in [2.24, 2.45) is 5.92 Å². The molecule has 2 rings (SSSR count). The van der Waals surface area contributed by atoms with Crippen LogP contribution in [-0.4, -0.2) is 9.55 Å². The van der Waals surface area contributed by atoms with E-state index in [0.29, 0.717) is 17.4 Å². The van der Waals surface area contributed by atoms with E-state index >= 15 is 0 Å². The Hall–Kier alpha value is -2.02. The zero-order valence-corrected chi connectivity index (χ0v) is 10.3. The number of rotatable bonds is 2. The third-order valence-corrected chi connectivity index (χ3v) is 3.22. The molecule has 2 N–H and O–H groups in total. The highest BCUT2D eigenvalue weighted by Gasteiger charge is 2.16. The molecular formula is C13H16N4. The summed E-state index contributed by atoms with van der Waals surface area (Å²) < 4.78 is 2.00. The van der Waals surface area contributed by atoms with Gasteiger partial charge in [0, 0.05) is 6.04 Å². The second-order valence-electron chi connectivity index (χ2n) is 4.64. The summed E-state index contributed by atoms with van der Waals surface area (Å²) in [6.07, 6.45) is 0. The van der Waals surface area contributed by atoms with Gasteiger partial charge in [-0.15, -0.1) is 0 Å². The van der Waals surface area contributed by atoms with Gasteiger partial charge in [0.15, 0.2) is 0 Å². The summed E-state index contributed by atoms with van der Waals surface area (Å²) in [5, 5.41) is 8.93. The van der Waals surface area contributed by atoms with Crippen LogP contribution in [-0.2, 0) is 0 Å². The first-order valence-electron chi connectivity index (χ1n) is 5.72. The minimum atomic E-state index is 0.258. The molecular weight excluding hydrogens is 212 g/mol. The van der Waals surface area contributed by atoms with E-state index in [4.69, 9.17) is 11.0 Å². The number of hydrogen-bond donors (Lipinski definition) is 1. The van der Waals surface area contributed by atoms with Crippen molar-refractivity contribution in [3.63, 3.8) is 0 Å². The zero-order chi connectivity index (χ0) is 12.6. The Bertz CT molecular complexity index is 589. The molecule has 1 aromatic carbocycles. The average molecular weight is 228 g/mol. The predicted octanol–water partition coefficient (Wildman–Crippen LogP) is 2.71. The molecule has 0 amide bonds. The van der Waals surface area contributed by atoms with Crippen LogP contribution in [0.15, 0.2) is 18.2 Å². The highest BCUT2D eigenvalue weighted by molar-refractivity contribution is 5.80. The largest absolute Gasteiger partial charge is 0.369 e. The molecule has 0 aliphatic heterocycles. The first-order valence-corrected chi connectivity index (χ1v) is 5.72. The molecule has 0 radical (unpaired) electrons. The van der Waals surface area contributed by atoms with Crippen LogP contribution in [0.25, 0.3) is 11.0 Å². The van der Waals surface area contributed by atoms with E-state index in [9.17, 15) is 0 Å². The van der Waals surface area contributed by atoms with E-state index in [-0.39, 0.29) is 6.04 Å². The predicted molar refractivity (Wildman–Crippen MR) is 68.4 cm³/mol. The van der Waals surface area contributed by atoms with Crippen molar-refractivity contribution < 1.29 is 0 Å². The Morgan fingerprint density at radius 3 is 2.65 bits per heavy atom. The first-order chi connectivity index (χ1) is 8.04. The summed E-state index contributed by atoms with van der Waals surface area (Å²) in [6, 6.07) is 7.85. The molecule has 0 saturated heterocycles. The maximum Gasteiger partial charge on any atom is 0.201 e. The Balaban J connectivity index is 2.69. The quantitative estimate of drug-likeness (QED) is 0.859. The molecule has 4 nitrogen and oxygen atoms in total. The van der Waals surface area contributed by atoms with E-state index in [2.05, 4.69) is 31.8 Å². The molecule has 88 valence electrons. The van der Waals surface area contributed by atoms with Gasteiger partial charge in [-0.05, 0) is 31.0 Å². The van der Waals surface area contributed by atoms with Crippen molar-refractivity contribution in [1.82, 2.24) is 9.55 Å². The van der Waals surface area contributed by atoms with Gasteiger partial charge in [0.25, 0.3) is 0 Å². The molecule has 0 fully saturated rings. The van der Waals surface area contributed by atoms with Crippen LogP contribution in [0.5, 0.6) is 0 Å². The first kappa shape index (κ1) is 11.5. The molecule has 0 aliphatic rings. The highest BCUT2D eigenvalue weighted by Crippen LogP contribution is 2.27. The lowest BCUT2D eigenvalue weighted by atomic mass is 10.1. The normalized spacial score (nSPS) is 12.9. The number of fused-ring (bicyclic) bond motifs is 1. The molecule has 1 atom stereocenters. The van der Waals surface area contributed by atoms with Gasteiger partial charge in [-0.25, -0.2) is 4.98 Å². The van der Waals surface area contributed by atoms with Gasteiger partial charge in [-0.2, -0.15) is 5.26 Å². The van der Waals surface area contributed by atoms with E-state index in [1.165, 1.54) is 0 Å². The Kier molecular flexibility index (Phi) is 2.76. The van der Waals surface area contributed by atoms with Crippen molar-refractivity contribution in [3.8, 4) is 6.07 Å². The molecule has 1 unspecified atom stereocenters.